The first-order chi connectivity index (χ1) is 7.71. The van der Waals surface area contributed by atoms with Crippen LogP contribution < -0.4 is 0 Å². The van der Waals surface area contributed by atoms with E-state index < -0.39 is 0 Å². The molecule has 0 atom stereocenters. The third-order valence-corrected chi connectivity index (χ3v) is 2.71. The van der Waals surface area contributed by atoms with Crippen molar-refractivity contribution in [1.82, 2.24) is 0 Å². The van der Waals surface area contributed by atoms with Gasteiger partial charge in [-0.15, -0.1) is 0 Å². The maximum Gasteiger partial charge on any atom is -0.0187 e. The van der Waals surface area contributed by atoms with Gasteiger partial charge in [-0.25, -0.2) is 0 Å². The number of benzene rings is 1. The Labute approximate surface area is 99.0 Å². The van der Waals surface area contributed by atoms with Crippen LogP contribution in [0.25, 0.3) is 5.57 Å². The average Bonchev–Trinajstić information content (AvgIpc) is 2.32. The van der Waals surface area contributed by atoms with Gasteiger partial charge >= 0.3 is 0 Å². The van der Waals surface area contributed by atoms with Crippen molar-refractivity contribution in [3.63, 3.8) is 0 Å². The van der Waals surface area contributed by atoms with E-state index in [9.17, 15) is 0 Å². The molecule has 0 saturated carbocycles. The zero-order valence-electron chi connectivity index (χ0n) is 10.5. The molecule has 1 aromatic carbocycles. The molecule has 0 heteroatoms. The molecular formula is C16H20. The van der Waals surface area contributed by atoms with E-state index in [1.807, 2.05) is 6.08 Å². The third kappa shape index (κ3) is 3.23. The molecule has 0 spiro atoms. The molecule has 0 fully saturated rings. The summed E-state index contributed by atoms with van der Waals surface area (Å²) >= 11 is 0. The van der Waals surface area contributed by atoms with Crippen LogP contribution in [-0.4, -0.2) is 0 Å². The fourth-order valence-electron chi connectivity index (χ4n) is 1.58. The van der Waals surface area contributed by atoms with E-state index in [1.165, 1.54) is 22.3 Å². The summed E-state index contributed by atoms with van der Waals surface area (Å²) in [6.45, 7) is 10.2. The first-order valence-corrected chi connectivity index (χ1v) is 5.77. The molecule has 0 radical (unpaired) electrons. The van der Waals surface area contributed by atoms with Gasteiger partial charge in [-0.05, 0) is 37.0 Å². The Balaban J connectivity index is 3.05. The molecule has 0 aliphatic heterocycles. The molecule has 0 heterocycles. The van der Waals surface area contributed by atoms with Crippen LogP contribution in [0.3, 0.4) is 0 Å². The van der Waals surface area contributed by atoms with E-state index in [4.69, 9.17) is 0 Å². The standard InChI is InChI=1S/C16H20/c1-5-14(6-2)12-15(7-3)16-10-8-13(4)9-11-16/h5,7-12H,1,6H2,2-4H3/b14-12+,15-7+. The smallest absolute Gasteiger partial charge is 0.0187 e. The predicted molar refractivity (Wildman–Crippen MR) is 73.4 cm³/mol. The minimum Gasteiger partial charge on any atom is -0.0988 e. The molecule has 0 saturated heterocycles. The Kier molecular flexibility index (Phi) is 4.78. The second-order valence-corrected chi connectivity index (χ2v) is 3.89. The van der Waals surface area contributed by atoms with Crippen molar-refractivity contribution >= 4 is 5.57 Å². The number of hydrogen-bond donors (Lipinski definition) is 0. The minimum absolute atomic E-state index is 1.02. The summed E-state index contributed by atoms with van der Waals surface area (Å²) in [5.41, 5.74) is 5.09. The van der Waals surface area contributed by atoms with Gasteiger partial charge in [0.1, 0.15) is 0 Å². The van der Waals surface area contributed by atoms with Crippen molar-refractivity contribution in [2.24, 2.45) is 0 Å². The van der Waals surface area contributed by atoms with Crippen LogP contribution >= 0.6 is 0 Å². The van der Waals surface area contributed by atoms with Crippen LogP contribution in [0.1, 0.15) is 31.4 Å². The Morgan fingerprint density at radius 3 is 2.31 bits per heavy atom. The maximum atomic E-state index is 3.83. The fraction of sp³-hybridized carbons (Fsp3) is 0.250. The van der Waals surface area contributed by atoms with Gasteiger partial charge in [0.25, 0.3) is 0 Å². The molecule has 1 rings (SSSR count). The second kappa shape index (κ2) is 6.12. The van der Waals surface area contributed by atoms with Crippen molar-refractivity contribution < 1.29 is 0 Å². The van der Waals surface area contributed by atoms with Gasteiger partial charge in [0.15, 0.2) is 0 Å². The largest absolute Gasteiger partial charge is 0.0988 e. The summed E-state index contributed by atoms with van der Waals surface area (Å²) in [5, 5.41) is 0. The summed E-state index contributed by atoms with van der Waals surface area (Å²) in [6, 6.07) is 8.62. The Morgan fingerprint density at radius 2 is 1.88 bits per heavy atom. The summed E-state index contributed by atoms with van der Waals surface area (Å²) in [6.07, 6.45) is 7.30. The number of rotatable bonds is 4. The lowest BCUT2D eigenvalue weighted by Crippen LogP contribution is -1.83. The topological polar surface area (TPSA) is 0 Å². The molecule has 0 N–H and O–H groups in total. The van der Waals surface area contributed by atoms with Gasteiger partial charge in [0.2, 0.25) is 0 Å². The van der Waals surface area contributed by atoms with E-state index in [0.717, 1.165) is 6.42 Å². The molecule has 84 valence electrons. The third-order valence-electron chi connectivity index (χ3n) is 2.71. The summed E-state index contributed by atoms with van der Waals surface area (Å²) in [4.78, 5) is 0. The highest BCUT2D eigenvalue weighted by Crippen LogP contribution is 2.19. The SMILES string of the molecule is C=C/C(=C\C(=C/C)c1ccc(C)cc1)CC. The number of hydrogen-bond acceptors (Lipinski definition) is 0. The van der Waals surface area contributed by atoms with E-state index in [2.05, 4.69) is 63.8 Å². The van der Waals surface area contributed by atoms with E-state index in [1.54, 1.807) is 0 Å². The van der Waals surface area contributed by atoms with Crippen molar-refractivity contribution in [3.8, 4) is 0 Å². The van der Waals surface area contributed by atoms with Gasteiger partial charge in [0, 0.05) is 0 Å². The van der Waals surface area contributed by atoms with Gasteiger partial charge in [-0.2, -0.15) is 0 Å². The maximum absolute atomic E-state index is 3.83. The van der Waals surface area contributed by atoms with Gasteiger partial charge in [0.05, 0.1) is 0 Å². The summed E-state index contributed by atoms with van der Waals surface area (Å²) in [7, 11) is 0. The molecule has 0 amide bonds. The summed E-state index contributed by atoms with van der Waals surface area (Å²) in [5.74, 6) is 0. The molecule has 0 nitrogen and oxygen atoms in total. The lowest BCUT2D eigenvalue weighted by Gasteiger charge is -2.05. The van der Waals surface area contributed by atoms with Crippen molar-refractivity contribution in [2.75, 3.05) is 0 Å². The van der Waals surface area contributed by atoms with Crippen molar-refractivity contribution in [1.29, 1.82) is 0 Å². The molecule has 0 aromatic heterocycles. The van der Waals surface area contributed by atoms with Crippen LogP contribution in [0.5, 0.6) is 0 Å². The van der Waals surface area contributed by atoms with Gasteiger partial charge < -0.3 is 0 Å². The lowest BCUT2D eigenvalue weighted by molar-refractivity contribution is 1.15. The first-order valence-electron chi connectivity index (χ1n) is 5.77. The monoisotopic (exact) mass is 212 g/mol. The first kappa shape index (κ1) is 12.5. The average molecular weight is 212 g/mol. The zero-order valence-corrected chi connectivity index (χ0v) is 10.5. The van der Waals surface area contributed by atoms with Crippen molar-refractivity contribution in [3.05, 3.63) is 65.8 Å². The Hall–Kier alpha value is -1.56. The highest BCUT2D eigenvalue weighted by atomic mass is 14.0. The Morgan fingerprint density at radius 1 is 1.25 bits per heavy atom. The van der Waals surface area contributed by atoms with E-state index >= 15 is 0 Å². The molecular weight excluding hydrogens is 192 g/mol. The lowest BCUT2D eigenvalue weighted by atomic mass is 10.0. The van der Waals surface area contributed by atoms with Crippen LogP contribution in [-0.2, 0) is 0 Å². The molecule has 0 aliphatic rings. The second-order valence-electron chi connectivity index (χ2n) is 3.89. The zero-order chi connectivity index (χ0) is 12.0. The minimum atomic E-state index is 1.02. The fourth-order valence-corrected chi connectivity index (χ4v) is 1.58. The highest BCUT2D eigenvalue weighted by molar-refractivity contribution is 5.75. The van der Waals surface area contributed by atoms with Crippen LogP contribution in [0.2, 0.25) is 0 Å². The van der Waals surface area contributed by atoms with Crippen molar-refractivity contribution in [2.45, 2.75) is 27.2 Å². The normalized spacial score (nSPS) is 12.7. The summed E-state index contributed by atoms with van der Waals surface area (Å²) < 4.78 is 0. The van der Waals surface area contributed by atoms with Crippen LogP contribution in [0.4, 0.5) is 0 Å². The van der Waals surface area contributed by atoms with Crippen LogP contribution in [0.15, 0.2) is 54.6 Å². The predicted octanol–water partition coefficient (Wildman–Crippen LogP) is 4.92. The molecule has 0 aliphatic carbocycles. The molecule has 16 heavy (non-hydrogen) atoms. The van der Waals surface area contributed by atoms with E-state index in [0.29, 0.717) is 0 Å². The molecule has 0 unspecified atom stereocenters. The quantitative estimate of drug-likeness (QED) is 0.621. The van der Waals surface area contributed by atoms with Gasteiger partial charge in [-0.3, -0.25) is 0 Å². The van der Waals surface area contributed by atoms with E-state index in [-0.39, 0.29) is 0 Å². The molecule has 0 bridgehead atoms. The number of allylic oxidation sites excluding steroid dienone is 5. The highest BCUT2D eigenvalue weighted by Gasteiger charge is 1.98. The van der Waals surface area contributed by atoms with Gasteiger partial charge in [-0.1, -0.05) is 61.6 Å². The molecule has 1 aromatic rings. The Bertz CT molecular complexity index is 402. The van der Waals surface area contributed by atoms with Crippen LogP contribution in [0, 0.1) is 6.92 Å². The number of aryl methyl sites for hydroxylation is 1.